The number of likely N-dealkylation sites (tertiary alicyclic amines) is 1. The topological polar surface area (TPSA) is 111 Å². The number of para-hydroxylation sites is 1. The first kappa shape index (κ1) is 28.3. The van der Waals surface area contributed by atoms with E-state index in [1.54, 1.807) is 9.70 Å². The Morgan fingerprint density at radius 1 is 1.02 bits per heavy atom. The first-order valence-corrected chi connectivity index (χ1v) is 14.2. The normalized spacial score (nSPS) is 16.0. The van der Waals surface area contributed by atoms with Gasteiger partial charge in [-0.25, -0.2) is 4.79 Å². The summed E-state index contributed by atoms with van der Waals surface area (Å²) in [4.78, 5) is 27.0. The molecule has 41 heavy (non-hydrogen) atoms. The summed E-state index contributed by atoms with van der Waals surface area (Å²) in [7, 11) is 0. The fourth-order valence-corrected chi connectivity index (χ4v) is 5.14. The van der Waals surface area contributed by atoms with Gasteiger partial charge in [0.05, 0.1) is 6.54 Å². The second-order valence-electron chi connectivity index (χ2n) is 11.7. The van der Waals surface area contributed by atoms with Crippen LogP contribution in [0.5, 0.6) is 5.75 Å². The Hall–Kier alpha value is -4.21. The van der Waals surface area contributed by atoms with Crippen molar-refractivity contribution in [1.29, 1.82) is 0 Å². The van der Waals surface area contributed by atoms with E-state index in [1.165, 1.54) is 6.92 Å². The zero-order valence-electron chi connectivity index (χ0n) is 24.2. The van der Waals surface area contributed by atoms with Gasteiger partial charge in [-0.2, -0.15) is 4.80 Å². The standard InChI is InChI=1S/C31H38N6O4/c1-22(38)32-17-7-8-18-37-34-28(33-35-37)24-13-11-23(12-14-24)26-21-31(40-27-10-6-5-9-25(26)27)15-19-36(20-16-31)29(39)41-30(2,3)4/h5-6,9-14,21H,7-8,15-20H2,1-4H3,(H,32,38). The van der Waals surface area contributed by atoms with Gasteiger partial charge in [-0.15, -0.1) is 10.2 Å². The zero-order chi connectivity index (χ0) is 29.0. The minimum absolute atomic E-state index is 0.0200. The summed E-state index contributed by atoms with van der Waals surface area (Å²) in [6.45, 7) is 9.58. The van der Waals surface area contributed by atoms with Crippen LogP contribution >= 0.6 is 0 Å². The smallest absolute Gasteiger partial charge is 0.410 e. The summed E-state index contributed by atoms with van der Waals surface area (Å²) < 4.78 is 12.2. The van der Waals surface area contributed by atoms with Gasteiger partial charge < -0.3 is 19.7 Å². The Kier molecular flexibility index (Phi) is 8.10. The Morgan fingerprint density at radius 2 is 1.73 bits per heavy atom. The number of hydrogen-bond acceptors (Lipinski definition) is 7. The van der Waals surface area contributed by atoms with E-state index in [0.29, 0.717) is 44.8 Å². The van der Waals surface area contributed by atoms with Crippen LogP contribution in [0.25, 0.3) is 17.0 Å². The van der Waals surface area contributed by atoms with E-state index in [-0.39, 0.29) is 12.0 Å². The molecule has 3 aromatic rings. The number of nitrogens with one attached hydrogen (secondary N) is 1. The number of unbranched alkanes of at least 4 members (excludes halogenated alkanes) is 1. The third-order valence-corrected chi connectivity index (χ3v) is 7.23. The van der Waals surface area contributed by atoms with Crippen molar-refractivity contribution >= 4 is 17.6 Å². The van der Waals surface area contributed by atoms with Crippen LogP contribution in [-0.2, 0) is 16.1 Å². The number of rotatable bonds is 7. The second kappa shape index (κ2) is 11.7. The lowest BCUT2D eigenvalue weighted by Gasteiger charge is -2.43. The van der Waals surface area contributed by atoms with Crippen LogP contribution in [0, 0.1) is 0 Å². The molecule has 1 spiro atoms. The maximum atomic E-state index is 12.6. The number of ether oxygens (including phenoxy) is 2. The van der Waals surface area contributed by atoms with E-state index in [2.05, 4.69) is 45.0 Å². The van der Waals surface area contributed by atoms with Gasteiger partial charge in [-0.05, 0) is 62.1 Å². The highest BCUT2D eigenvalue weighted by atomic mass is 16.6. The average Bonchev–Trinajstić information content (AvgIpc) is 3.41. The number of tetrazole rings is 1. The number of carbonyl (C=O) groups is 2. The Balaban J connectivity index is 1.30. The first-order valence-electron chi connectivity index (χ1n) is 14.2. The fraction of sp³-hybridized carbons (Fsp3) is 0.452. The quantitative estimate of drug-likeness (QED) is 0.413. The van der Waals surface area contributed by atoms with E-state index in [4.69, 9.17) is 9.47 Å². The van der Waals surface area contributed by atoms with Gasteiger partial charge >= 0.3 is 6.09 Å². The maximum absolute atomic E-state index is 12.6. The van der Waals surface area contributed by atoms with Gasteiger partial charge in [0, 0.05) is 50.5 Å². The van der Waals surface area contributed by atoms with Crippen molar-refractivity contribution in [3.8, 4) is 17.1 Å². The molecule has 216 valence electrons. The summed E-state index contributed by atoms with van der Waals surface area (Å²) in [5.74, 6) is 1.40. The lowest BCUT2D eigenvalue weighted by molar-refractivity contribution is -0.118. The van der Waals surface area contributed by atoms with Gasteiger partial charge in [0.15, 0.2) is 0 Å². The van der Waals surface area contributed by atoms with Crippen LogP contribution in [0.2, 0.25) is 0 Å². The number of piperidine rings is 1. The summed E-state index contributed by atoms with van der Waals surface area (Å²) in [6, 6.07) is 16.3. The van der Waals surface area contributed by atoms with Crippen molar-refractivity contribution < 1.29 is 19.1 Å². The molecule has 5 rings (SSSR count). The van der Waals surface area contributed by atoms with Crippen LogP contribution in [0.15, 0.2) is 54.6 Å². The SMILES string of the molecule is CC(=O)NCCCCn1nnc(-c2ccc(C3=CC4(CCN(C(=O)OC(C)(C)C)CC4)Oc4ccccc43)cc2)n1. The van der Waals surface area contributed by atoms with E-state index in [9.17, 15) is 9.59 Å². The minimum atomic E-state index is -0.524. The van der Waals surface area contributed by atoms with Crippen LogP contribution < -0.4 is 10.1 Å². The fourth-order valence-electron chi connectivity index (χ4n) is 5.14. The van der Waals surface area contributed by atoms with E-state index in [1.807, 2.05) is 51.1 Å². The number of fused-ring (bicyclic) bond motifs is 1. The highest BCUT2D eigenvalue weighted by Gasteiger charge is 2.40. The summed E-state index contributed by atoms with van der Waals surface area (Å²) in [5.41, 5.74) is 3.10. The number of benzene rings is 2. The zero-order valence-corrected chi connectivity index (χ0v) is 24.2. The molecule has 10 heteroatoms. The summed E-state index contributed by atoms with van der Waals surface area (Å²) >= 11 is 0. The monoisotopic (exact) mass is 558 g/mol. The van der Waals surface area contributed by atoms with Gasteiger partial charge in [0.1, 0.15) is 17.0 Å². The molecule has 2 aliphatic heterocycles. The third-order valence-electron chi connectivity index (χ3n) is 7.23. The molecule has 0 saturated carbocycles. The van der Waals surface area contributed by atoms with Crippen molar-refractivity contribution in [2.45, 2.75) is 71.1 Å². The van der Waals surface area contributed by atoms with Crippen LogP contribution in [0.3, 0.4) is 0 Å². The van der Waals surface area contributed by atoms with Crippen LogP contribution in [-0.4, -0.2) is 67.9 Å². The summed E-state index contributed by atoms with van der Waals surface area (Å²) in [5, 5.41) is 15.8. The number of nitrogens with zero attached hydrogens (tertiary/aromatic N) is 5. The molecule has 2 amide bonds. The molecule has 0 unspecified atom stereocenters. The van der Waals surface area contributed by atoms with Crippen LogP contribution in [0.4, 0.5) is 4.79 Å². The summed E-state index contributed by atoms with van der Waals surface area (Å²) in [6.07, 6.45) is 5.01. The van der Waals surface area contributed by atoms with Gasteiger partial charge in [-0.3, -0.25) is 4.79 Å². The maximum Gasteiger partial charge on any atom is 0.410 e. The largest absolute Gasteiger partial charge is 0.482 e. The molecule has 1 fully saturated rings. The van der Waals surface area contributed by atoms with Crippen LogP contribution in [0.1, 0.15) is 64.5 Å². The average molecular weight is 559 g/mol. The van der Waals surface area contributed by atoms with Crippen molar-refractivity contribution in [1.82, 2.24) is 30.4 Å². The lowest BCUT2D eigenvalue weighted by atomic mass is 9.83. The molecule has 0 radical (unpaired) electrons. The van der Waals surface area contributed by atoms with Gasteiger partial charge in [-0.1, -0.05) is 42.5 Å². The molecule has 2 aliphatic rings. The molecule has 10 nitrogen and oxygen atoms in total. The predicted octanol–water partition coefficient (Wildman–Crippen LogP) is 4.85. The first-order chi connectivity index (χ1) is 19.6. The Bertz CT molecular complexity index is 1410. The number of amides is 2. The minimum Gasteiger partial charge on any atom is -0.482 e. The molecular formula is C31H38N6O4. The highest BCUT2D eigenvalue weighted by Crippen LogP contribution is 2.43. The number of hydrogen-bond donors (Lipinski definition) is 1. The van der Waals surface area contributed by atoms with Crippen molar-refractivity contribution in [2.75, 3.05) is 19.6 Å². The lowest BCUT2D eigenvalue weighted by Crippen LogP contribution is -2.50. The second-order valence-corrected chi connectivity index (χ2v) is 11.7. The Morgan fingerprint density at radius 3 is 2.44 bits per heavy atom. The third kappa shape index (κ3) is 6.93. The number of aromatic nitrogens is 4. The van der Waals surface area contributed by atoms with E-state index in [0.717, 1.165) is 40.9 Å². The van der Waals surface area contributed by atoms with E-state index < -0.39 is 11.2 Å². The Labute approximate surface area is 240 Å². The molecular weight excluding hydrogens is 520 g/mol. The molecule has 1 saturated heterocycles. The molecule has 1 aromatic heterocycles. The highest BCUT2D eigenvalue weighted by molar-refractivity contribution is 5.85. The molecule has 0 atom stereocenters. The molecule has 1 N–H and O–H groups in total. The van der Waals surface area contributed by atoms with Gasteiger partial charge in [0.25, 0.3) is 0 Å². The van der Waals surface area contributed by atoms with Crippen molar-refractivity contribution in [3.63, 3.8) is 0 Å². The molecule has 0 aliphatic carbocycles. The van der Waals surface area contributed by atoms with Gasteiger partial charge in [0.2, 0.25) is 11.7 Å². The van der Waals surface area contributed by atoms with Crippen molar-refractivity contribution in [3.05, 3.63) is 65.7 Å². The number of carbonyl (C=O) groups excluding carboxylic acids is 2. The molecule has 3 heterocycles. The van der Waals surface area contributed by atoms with E-state index >= 15 is 0 Å². The van der Waals surface area contributed by atoms with Crippen molar-refractivity contribution in [2.24, 2.45) is 0 Å². The molecule has 2 aromatic carbocycles. The predicted molar refractivity (Wildman–Crippen MR) is 155 cm³/mol. The number of aryl methyl sites for hydroxylation is 1. The molecule has 0 bridgehead atoms.